The molecule has 1 aromatic heterocycles. The van der Waals surface area contributed by atoms with Crippen LogP contribution in [-0.2, 0) is 6.42 Å². The predicted molar refractivity (Wildman–Crippen MR) is 93.0 cm³/mol. The number of carbonyl (C=O) groups excluding carboxylic acids is 1. The zero-order chi connectivity index (χ0) is 16.6. The SMILES string of the molecule is O=C(NCCc1ccccc1)N1CCC(Oc2ccccn2)CC1. The highest BCUT2D eigenvalue weighted by Gasteiger charge is 2.23. The first kappa shape index (κ1) is 16.3. The van der Waals surface area contributed by atoms with E-state index in [4.69, 9.17) is 4.74 Å². The summed E-state index contributed by atoms with van der Waals surface area (Å²) in [4.78, 5) is 18.3. The Morgan fingerprint density at radius 1 is 1.12 bits per heavy atom. The minimum Gasteiger partial charge on any atom is -0.474 e. The second-order valence-electron chi connectivity index (χ2n) is 5.94. The van der Waals surface area contributed by atoms with Crippen LogP contribution < -0.4 is 10.1 Å². The van der Waals surface area contributed by atoms with E-state index in [0.717, 1.165) is 19.3 Å². The number of piperidine rings is 1. The summed E-state index contributed by atoms with van der Waals surface area (Å²) in [6.45, 7) is 2.09. The summed E-state index contributed by atoms with van der Waals surface area (Å²) in [5.41, 5.74) is 1.24. The molecule has 2 amide bonds. The first-order valence-corrected chi connectivity index (χ1v) is 8.45. The maximum atomic E-state index is 12.2. The molecule has 1 aliphatic heterocycles. The number of hydrogen-bond acceptors (Lipinski definition) is 3. The second kappa shape index (κ2) is 8.34. The van der Waals surface area contributed by atoms with E-state index in [1.54, 1.807) is 6.20 Å². The average molecular weight is 325 g/mol. The van der Waals surface area contributed by atoms with Gasteiger partial charge in [-0.1, -0.05) is 36.4 Å². The number of likely N-dealkylation sites (tertiary alicyclic amines) is 1. The number of ether oxygens (including phenoxy) is 1. The van der Waals surface area contributed by atoms with Gasteiger partial charge in [0.1, 0.15) is 6.10 Å². The van der Waals surface area contributed by atoms with Gasteiger partial charge in [-0.2, -0.15) is 0 Å². The molecule has 0 saturated carbocycles. The zero-order valence-electron chi connectivity index (χ0n) is 13.7. The van der Waals surface area contributed by atoms with Crippen LogP contribution >= 0.6 is 0 Å². The normalized spacial score (nSPS) is 15.1. The van der Waals surface area contributed by atoms with Crippen molar-refractivity contribution in [3.05, 3.63) is 60.3 Å². The molecular weight excluding hydrogens is 302 g/mol. The number of benzene rings is 1. The van der Waals surface area contributed by atoms with E-state index in [9.17, 15) is 4.79 Å². The molecule has 1 N–H and O–H groups in total. The van der Waals surface area contributed by atoms with Crippen molar-refractivity contribution in [2.75, 3.05) is 19.6 Å². The van der Waals surface area contributed by atoms with E-state index in [0.29, 0.717) is 25.5 Å². The number of amides is 2. The van der Waals surface area contributed by atoms with Crippen LogP contribution in [0.25, 0.3) is 0 Å². The molecule has 1 aliphatic rings. The molecule has 1 saturated heterocycles. The van der Waals surface area contributed by atoms with Crippen molar-refractivity contribution >= 4 is 6.03 Å². The molecule has 2 aromatic rings. The Bertz CT molecular complexity index is 626. The molecule has 0 radical (unpaired) electrons. The van der Waals surface area contributed by atoms with Gasteiger partial charge in [0.25, 0.3) is 0 Å². The maximum Gasteiger partial charge on any atom is 0.317 e. The van der Waals surface area contributed by atoms with Crippen molar-refractivity contribution < 1.29 is 9.53 Å². The number of rotatable bonds is 5. The molecule has 0 atom stereocenters. The summed E-state index contributed by atoms with van der Waals surface area (Å²) in [6, 6.07) is 15.9. The van der Waals surface area contributed by atoms with Crippen LogP contribution in [0, 0.1) is 0 Å². The molecule has 3 rings (SSSR count). The summed E-state index contributed by atoms with van der Waals surface area (Å²) in [5.74, 6) is 0.656. The summed E-state index contributed by atoms with van der Waals surface area (Å²) >= 11 is 0. The van der Waals surface area contributed by atoms with Gasteiger partial charge in [-0.25, -0.2) is 9.78 Å². The zero-order valence-corrected chi connectivity index (χ0v) is 13.7. The fraction of sp³-hybridized carbons (Fsp3) is 0.368. The molecule has 5 heteroatoms. The van der Waals surface area contributed by atoms with Crippen molar-refractivity contribution in [3.63, 3.8) is 0 Å². The van der Waals surface area contributed by atoms with Gasteiger partial charge in [0.15, 0.2) is 0 Å². The van der Waals surface area contributed by atoms with Crippen LogP contribution in [0.1, 0.15) is 18.4 Å². The molecule has 1 fully saturated rings. The third kappa shape index (κ3) is 4.72. The quantitative estimate of drug-likeness (QED) is 0.920. The van der Waals surface area contributed by atoms with Crippen LogP contribution in [-0.4, -0.2) is 41.7 Å². The predicted octanol–water partition coefficient (Wildman–Crippen LogP) is 2.88. The van der Waals surface area contributed by atoms with Crippen LogP contribution in [0.2, 0.25) is 0 Å². The van der Waals surface area contributed by atoms with Crippen LogP contribution in [0.3, 0.4) is 0 Å². The highest BCUT2D eigenvalue weighted by Crippen LogP contribution is 2.16. The standard InChI is InChI=1S/C19H23N3O2/c23-19(21-13-9-16-6-2-1-3-7-16)22-14-10-17(11-15-22)24-18-8-4-5-12-20-18/h1-8,12,17H,9-11,13-15H2,(H,21,23). The van der Waals surface area contributed by atoms with E-state index in [1.807, 2.05) is 41.3 Å². The van der Waals surface area contributed by atoms with Gasteiger partial charge in [-0.15, -0.1) is 0 Å². The van der Waals surface area contributed by atoms with Crippen molar-refractivity contribution in [1.82, 2.24) is 15.2 Å². The number of carbonyl (C=O) groups is 1. The second-order valence-corrected chi connectivity index (χ2v) is 5.94. The largest absolute Gasteiger partial charge is 0.474 e. The first-order valence-electron chi connectivity index (χ1n) is 8.45. The van der Waals surface area contributed by atoms with Crippen molar-refractivity contribution in [2.24, 2.45) is 0 Å². The monoisotopic (exact) mass is 325 g/mol. The molecule has 126 valence electrons. The van der Waals surface area contributed by atoms with Gasteiger partial charge < -0.3 is 15.0 Å². The summed E-state index contributed by atoms with van der Waals surface area (Å²) < 4.78 is 5.85. The van der Waals surface area contributed by atoms with Gasteiger partial charge >= 0.3 is 6.03 Å². The van der Waals surface area contributed by atoms with Crippen molar-refractivity contribution in [3.8, 4) is 5.88 Å². The average Bonchev–Trinajstić information content (AvgIpc) is 2.64. The Kier molecular flexibility index (Phi) is 5.66. The van der Waals surface area contributed by atoms with Crippen LogP contribution in [0.15, 0.2) is 54.7 Å². The Morgan fingerprint density at radius 2 is 1.88 bits per heavy atom. The van der Waals surface area contributed by atoms with E-state index in [2.05, 4.69) is 22.4 Å². The Balaban J connectivity index is 1.37. The Labute approximate surface area is 142 Å². The third-order valence-corrected chi connectivity index (χ3v) is 4.19. The van der Waals surface area contributed by atoms with E-state index >= 15 is 0 Å². The summed E-state index contributed by atoms with van der Waals surface area (Å²) in [5, 5.41) is 3.00. The minimum absolute atomic E-state index is 0.0159. The molecule has 0 aliphatic carbocycles. The Morgan fingerprint density at radius 3 is 2.58 bits per heavy atom. The highest BCUT2D eigenvalue weighted by molar-refractivity contribution is 5.74. The topological polar surface area (TPSA) is 54.5 Å². The van der Waals surface area contributed by atoms with Crippen molar-refractivity contribution in [2.45, 2.75) is 25.4 Å². The van der Waals surface area contributed by atoms with Crippen LogP contribution in [0.4, 0.5) is 4.79 Å². The van der Waals surface area contributed by atoms with Gasteiger partial charge in [0.2, 0.25) is 5.88 Å². The molecule has 1 aromatic carbocycles. The lowest BCUT2D eigenvalue weighted by molar-refractivity contribution is 0.107. The molecule has 5 nitrogen and oxygen atoms in total. The lowest BCUT2D eigenvalue weighted by Crippen LogP contribution is -2.46. The summed E-state index contributed by atoms with van der Waals surface area (Å²) in [6.07, 6.45) is 4.38. The lowest BCUT2D eigenvalue weighted by Gasteiger charge is -2.31. The van der Waals surface area contributed by atoms with E-state index in [-0.39, 0.29) is 12.1 Å². The van der Waals surface area contributed by atoms with Crippen LogP contribution in [0.5, 0.6) is 5.88 Å². The third-order valence-electron chi connectivity index (χ3n) is 4.19. The van der Waals surface area contributed by atoms with Gasteiger partial charge in [0.05, 0.1) is 0 Å². The number of pyridine rings is 1. The van der Waals surface area contributed by atoms with Gasteiger partial charge in [-0.05, 0) is 18.1 Å². The molecular formula is C19H23N3O2. The molecule has 24 heavy (non-hydrogen) atoms. The lowest BCUT2D eigenvalue weighted by atomic mass is 10.1. The fourth-order valence-electron chi connectivity index (χ4n) is 2.83. The fourth-order valence-corrected chi connectivity index (χ4v) is 2.83. The molecule has 0 unspecified atom stereocenters. The number of urea groups is 1. The number of nitrogens with zero attached hydrogens (tertiary/aromatic N) is 2. The maximum absolute atomic E-state index is 12.2. The number of aromatic nitrogens is 1. The smallest absolute Gasteiger partial charge is 0.317 e. The molecule has 0 bridgehead atoms. The van der Waals surface area contributed by atoms with Gasteiger partial charge in [-0.3, -0.25) is 0 Å². The number of nitrogens with one attached hydrogen (secondary N) is 1. The summed E-state index contributed by atoms with van der Waals surface area (Å²) in [7, 11) is 0. The minimum atomic E-state index is 0.0159. The first-order chi connectivity index (χ1) is 11.8. The molecule has 2 heterocycles. The van der Waals surface area contributed by atoms with E-state index in [1.165, 1.54) is 5.56 Å². The van der Waals surface area contributed by atoms with E-state index < -0.39 is 0 Å². The highest BCUT2D eigenvalue weighted by atomic mass is 16.5. The molecule has 0 spiro atoms. The Hall–Kier alpha value is -2.56. The van der Waals surface area contributed by atoms with Gasteiger partial charge in [0, 0.05) is 44.7 Å². The number of hydrogen-bond donors (Lipinski definition) is 1. The van der Waals surface area contributed by atoms with Crippen molar-refractivity contribution in [1.29, 1.82) is 0 Å².